The fourth-order valence-corrected chi connectivity index (χ4v) is 1.34. The Kier molecular flexibility index (Phi) is 3.08. The molecular weight excluding hydrogens is 232 g/mol. The van der Waals surface area contributed by atoms with E-state index in [1.807, 2.05) is 12.2 Å². The topological polar surface area (TPSA) is 35.0 Å². The third-order valence-electron chi connectivity index (χ3n) is 1.75. The maximum Gasteiger partial charge on any atom is 0.323 e. The van der Waals surface area contributed by atoms with Gasteiger partial charge < -0.3 is 4.74 Å². The first-order valence-corrected chi connectivity index (χ1v) is 5.10. The Morgan fingerprint density at radius 1 is 1.40 bits per heavy atom. The number of allylic oxidation sites excluding steroid dienone is 3. The molecule has 15 heavy (non-hydrogen) atoms. The van der Waals surface area contributed by atoms with Gasteiger partial charge in [-0.3, -0.25) is 0 Å². The number of ether oxygens (including phenoxy) is 1. The van der Waals surface area contributed by atoms with Crippen LogP contribution >= 0.6 is 23.8 Å². The van der Waals surface area contributed by atoms with Gasteiger partial charge in [0.2, 0.25) is 0 Å². The number of aromatic nitrogens is 2. The molecule has 0 amide bonds. The van der Waals surface area contributed by atoms with Crippen molar-refractivity contribution in [3.8, 4) is 6.01 Å². The largest absolute Gasteiger partial charge is 0.425 e. The monoisotopic (exact) mass is 238 g/mol. The van der Waals surface area contributed by atoms with Crippen LogP contribution in [0.25, 0.3) is 0 Å². The van der Waals surface area contributed by atoms with Gasteiger partial charge in [0, 0.05) is 17.5 Å². The summed E-state index contributed by atoms with van der Waals surface area (Å²) in [4.78, 5) is 8.72. The van der Waals surface area contributed by atoms with Gasteiger partial charge in [-0.05, 0) is 24.3 Å². The van der Waals surface area contributed by atoms with E-state index in [1.165, 1.54) is 0 Å². The van der Waals surface area contributed by atoms with Crippen LogP contribution in [0.3, 0.4) is 0 Å². The number of thiocarbonyl (C=S) groups is 1. The van der Waals surface area contributed by atoms with E-state index in [0.29, 0.717) is 17.3 Å². The summed E-state index contributed by atoms with van der Waals surface area (Å²) in [5, 5.41) is 0.357. The number of nitrogens with zero attached hydrogens (tertiary/aromatic N) is 2. The molecule has 1 aliphatic rings. The normalized spacial score (nSPS) is 15.0. The molecule has 0 aromatic carbocycles. The van der Waals surface area contributed by atoms with Crippen LogP contribution in [0.1, 0.15) is 6.42 Å². The molecule has 0 bridgehead atoms. The third kappa shape index (κ3) is 2.84. The second-order valence-corrected chi connectivity index (χ2v) is 3.79. The number of hydrogen-bond acceptors (Lipinski definition) is 4. The number of hydrogen-bond donors (Lipinski definition) is 0. The van der Waals surface area contributed by atoms with Gasteiger partial charge in [0.05, 0.1) is 0 Å². The third-order valence-corrected chi connectivity index (χ3v) is 2.26. The van der Waals surface area contributed by atoms with E-state index < -0.39 is 0 Å². The Morgan fingerprint density at radius 2 is 2.27 bits per heavy atom. The summed E-state index contributed by atoms with van der Waals surface area (Å²) in [5.41, 5.74) is 0. The molecule has 3 nitrogen and oxygen atoms in total. The summed E-state index contributed by atoms with van der Waals surface area (Å²) in [6.45, 7) is 0. The summed E-state index contributed by atoms with van der Waals surface area (Å²) in [6, 6.07) is 1.83. The smallest absolute Gasteiger partial charge is 0.323 e. The molecule has 1 aromatic rings. The van der Waals surface area contributed by atoms with Gasteiger partial charge in [0.25, 0.3) is 0 Å². The summed E-state index contributed by atoms with van der Waals surface area (Å²) in [5.74, 6) is 0.686. The van der Waals surface area contributed by atoms with Crippen LogP contribution < -0.4 is 4.74 Å². The Bertz CT molecular complexity index is 456. The van der Waals surface area contributed by atoms with Gasteiger partial charge in [-0.1, -0.05) is 23.8 Å². The van der Waals surface area contributed by atoms with E-state index in [2.05, 4.69) is 9.97 Å². The molecule has 0 fully saturated rings. The van der Waals surface area contributed by atoms with E-state index >= 15 is 0 Å². The van der Waals surface area contributed by atoms with Gasteiger partial charge in [-0.2, -0.15) is 4.98 Å². The van der Waals surface area contributed by atoms with Crippen LogP contribution in [0.4, 0.5) is 0 Å². The number of halogens is 1. The summed E-state index contributed by atoms with van der Waals surface area (Å²) < 4.78 is 5.39. The number of rotatable bonds is 2. The van der Waals surface area contributed by atoms with Gasteiger partial charge in [-0.15, -0.1) is 0 Å². The first-order chi connectivity index (χ1) is 7.24. The highest BCUT2D eigenvalue weighted by Crippen LogP contribution is 2.14. The van der Waals surface area contributed by atoms with E-state index in [4.69, 9.17) is 28.6 Å². The second-order valence-electron chi connectivity index (χ2n) is 2.87. The van der Waals surface area contributed by atoms with E-state index in [1.54, 1.807) is 18.3 Å². The van der Waals surface area contributed by atoms with Crippen LogP contribution in [0.2, 0.25) is 5.15 Å². The van der Waals surface area contributed by atoms with Crippen molar-refractivity contribution in [2.24, 2.45) is 0 Å². The van der Waals surface area contributed by atoms with E-state index in [0.717, 1.165) is 4.86 Å². The molecule has 0 radical (unpaired) electrons. The molecule has 0 N–H and O–H groups in total. The molecule has 1 aromatic heterocycles. The maximum atomic E-state index is 5.70. The van der Waals surface area contributed by atoms with Gasteiger partial charge >= 0.3 is 6.01 Å². The van der Waals surface area contributed by atoms with Crippen LogP contribution in [-0.2, 0) is 0 Å². The summed E-state index contributed by atoms with van der Waals surface area (Å²) in [7, 11) is 0. The Balaban J connectivity index is 2.10. The van der Waals surface area contributed by atoms with E-state index in [-0.39, 0.29) is 6.01 Å². The highest BCUT2D eigenvalue weighted by atomic mass is 35.5. The lowest BCUT2D eigenvalue weighted by molar-refractivity contribution is 0.405. The zero-order valence-corrected chi connectivity index (χ0v) is 9.26. The van der Waals surface area contributed by atoms with Crippen molar-refractivity contribution in [2.45, 2.75) is 6.42 Å². The first-order valence-electron chi connectivity index (χ1n) is 4.31. The quantitative estimate of drug-likeness (QED) is 0.586. The summed E-state index contributed by atoms with van der Waals surface area (Å²) in [6.07, 6.45) is 7.75. The van der Waals surface area contributed by atoms with Crippen molar-refractivity contribution in [1.82, 2.24) is 9.97 Å². The fourth-order valence-electron chi connectivity index (χ4n) is 1.06. The molecule has 0 aliphatic heterocycles. The van der Waals surface area contributed by atoms with Crippen LogP contribution in [-0.4, -0.2) is 14.8 Å². The molecule has 0 spiro atoms. The lowest BCUT2D eigenvalue weighted by Gasteiger charge is -2.07. The van der Waals surface area contributed by atoms with E-state index in [9.17, 15) is 0 Å². The maximum absolute atomic E-state index is 5.70. The Labute approximate surface area is 97.5 Å². The molecule has 0 atom stereocenters. The minimum absolute atomic E-state index is 0.242. The van der Waals surface area contributed by atoms with Gasteiger partial charge in [0.1, 0.15) is 10.9 Å². The van der Waals surface area contributed by atoms with Crippen molar-refractivity contribution in [1.29, 1.82) is 0 Å². The van der Waals surface area contributed by atoms with Crippen LogP contribution in [0.5, 0.6) is 6.01 Å². The minimum Gasteiger partial charge on any atom is -0.425 e. The average molecular weight is 239 g/mol. The lowest BCUT2D eigenvalue weighted by Crippen LogP contribution is -2.02. The Morgan fingerprint density at radius 3 is 2.93 bits per heavy atom. The van der Waals surface area contributed by atoms with Crippen molar-refractivity contribution in [3.05, 3.63) is 41.4 Å². The van der Waals surface area contributed by atoms with Gasteiger partial charge in [0.15, 0.2) is 0 Å². The molecule has 0 saturated heterocycles. The molecule has 5 heteroatoms. The van der Waals surface area contributed by atoms with Crippen LogP contribution in [0, 0.1) is 0 Å². The van der Waals surface area contributed by atoms with Crippen molar-refractivity contribution in [2.75, 3.05) is 0 Å². The molecular formula is C10H7ClN2OS. The molecule has 0 unspecified atom stereocenters. The molecule has 1 aliphatic carbocycles. The predicted octanol–water partition coefficient (Wildman–Crippen LogP) is 2.72. The molecule has 2 rings (SSSR count). The molecule has 76 valence electrons. The van der Waals surface area contributed by atoms with Crippen molar-refractivity contribution < 1.29 is 4.74 Å². The zero-order chi connectivity index (χ0) is 10.7. The van der Waals surface area contributed by atoms with Crippen LogP contribution in [0.15, 0.2) is 36.3 Å². The fraction of sp³-hybridized carbons (Fsp3) is 0.100. The average Bonchev–Trinajstić information content (AvgIpc) is 2.22. The molecule has 1 heterocycles. The highest BCUT2D eigenvalue weighted by molar-refractivity contribution is 7.80. The SMILES string of the molecule is S=C1C=CC(Oc2nccc(Cl)n2)=CC1. The second kappa shape index (κ2) is 4.51. The minimum atomic E-state index is 0.242. The first kappa shape index (κ1) is 10.3. The Hall–Kier alpha value is -1.26. The van der Waals surface area contributed by atoms with Crippen molar-refractivity contribution >= 4 is 28.7 Å². The lowest BCUT2D eigenvalue weighted by atomic mass is 10.2. The van der Waals surface area contributed by atoms with Crippen molar-refractivity contribution in [3.63, 3.8) is 0 Å². The highest BCUT2D eigenvalue weighted by Gasteiger charge is 2.05. The molecule has 0 saturated carbocycles. The zero-order valence-electron chi connectivity index (χ0n) is 7.68. The standard InChI is InChI=1S/C10H7ClN2OS/c11-9-5-6-12-10(13-9)14-7-1-3-8(15)4-2-7/h1-3,5-6H,4H2. The predicted molar refractivity (Wildman–Crippen MR) is 62.1 cm³/mol. The van der Waals surface area contributed by atoms with Gasteiger partial charge in [-0.25, -0.2) is 4.98 Å². The summed E-state index contributed by atoms with van der Waals surface area (Å²) >= 11 is 10.7.